The zero-order chi connectivity index (χ0) is 10.7. The Hall–Kier alpha value is -0.610. The van der Waals surface area contributed by atoms with Crippen LogP contribution in [0.4, 0.5) is 0 Å². The molecular formula is C11H21N3O. The van der Waals surface area contributed by atoms with Crippen molar-refractivity contribution in [3.63, 3.8) is 0 Å². The fourth-order valence-electron chi connectivity index (χ4n) is 2.34. The smallest absolute Gasteiger partial charge is 0.236 e. The molecule has 0 spiro atoms. The lowest BCUT2D eigenvalue weighted by Crippen LogP contribution is -2.49. The van der Waals surface area contributed by atoms with Gasteiger partial charge in [0.1, 0.15) is 0 Å². The Kier molecular flexibility index (Phi) is 3.26. The van der Waals surface area contributed by atoms with Crippen molar-refractivity contribution in [1.82, 2.24) is 15.5 Å². The summed E-state index contributed by atoms with van der Waals surface area (Å²) in [6.45, 7) is 6.62. The Labute approximate surface area is 91.4 Å². The van der Waals surface area contributed by atoms with Gasteiger partial charge in [-0.3, -0.25) is 4.79 Å². The van der Waals surface area contributed by atoms with Crippen LogP contribution in [0.25, 0.3) is 0 Å². The number of hydrogen-bond acceptors (Lipinski definition) is 3. The molecule has 2 heterocycles. The van der Waals surface area contributed by atoms with E-state index in [2.05, 4.69) is 17.6 Å². The number of hydrogen-bond donors (Lipinski definition) is 2. The highest BCUT2D eigenvalue weighted by molar-refractivity contribution is 5.78. The zero-order valence-electron chi connectivity index (χ0n) is 9.51. The van der Waals surface area contributed by atoms with Crippen LogP contribution >= 0.6 is 0 Å². The van der Waals surface area contributed by atoms with Crippen molar-refractivity contribution in [2.24, 2.45) is 0 Å². The van der Waals surface area contributed by atoms with Crippen molar-refractivity contribution in [3.8, 4) is 0 Å². The number of amides is 1. The molecule has 1 unspecified atom stereocenters. The van der Waals surface area contributed by atoms with Crippen LogP contribution < -0.4 is 10.6 Å². The van der Waals surface area contributed by atoms with E-state index in [9.17, 15) is 4.79 Å². The van der Waals surface area contributed by atoms with E-state index >= 15 is 0 Å². The summed E-state index contributed by atoms with van der Waals surface area (Å²) >= 11 is 0. The summed E-state index contributed by atoms with van der Waals surface area (Å²) < 4.78 is 0. The van der Waals surface area contributed by atoms with Crippen LogP contribution in [0, 0.1) is 0 Å². The summed E-state index contributed by atoms with van der Waals surface area (Å²) in [5.41, 5.74) is 0.120. The first-order valence-corrected chi connectivity index (χ1v) is 5.93. The third-order valence-corrected chi connectivity index (χ3v) is 3.49. The van der Waals surface area contributed by atoms with E-state index in [1.165, 1.54) is 12.8 Å². The highest BCUT2D eigenvalue weighted by Gasteiger charge is 2.29. The lowest BCUT2D eigenvalue weighted by atomic mass is 10.0. The second-order valence-corrected chi connectivity index (χ2v) is 4.93. The molecule has 0 aromatic carbocycles. The number of rotatable bonds is 3. The molecule has 0 aliphatic carbocycles. The topological polar surface area (TPSA) is 44.4 Å². The van der Waals surface area contributed by atoms with Crippen LogP contribution in [-0.2, 0) is 4.79 Å². The van der Waals surface area contributed by atoms with Gasteiger partial charge in [-0.25, -0.2) is 0 Å². The number of carbonyl (C=O) groups is 1. The Bertz CT molecular complexity index is 230. The van der Waals surface area contributed by atoms with Gasteiger partial charge in [-0.05, 0) is 32.7 Å². The molecule has 1 amide bonds. The molecule has 1 atom stereocenters. The maximum absolute atomic E-state index is 11.8. The monoisotopic (exact) mass is 211 g/mol. The fraction of sp³-hybridized carbons (Fsp3) is 0.909. The number of carbonyl (C=O) groups excluding carboxylic acids is 1. The second-order valence-electron chi connectivity index (χ2n) is 4.93. The maximum Gasteiger partial charge on any atom is 0.236 e. The standard InChI is InChI=1S/C11H21N3O/c1-11(4-5-12-9-11)13-8-10(15)14-6-2-3-7-14/h12-13H,2-9H2,1H3. The highest BCUT2D eigenvalue weighted by atomic mass is 16.2. The minimum absolute atomic E-state index is 0.120. The van der Waals surface area contributed by atoms with Gasteiger partial charge in [-0.2, -0.15) is 0 Å². The molecule has 2 rings (SSSR count). The first-order valence-electron chi connectivity index (χ1n) is 5.93. The van der Waals surface area contributed by atoms with E-state index in [0.717, 1.165) is 32.6 Å². The van der Waals surface area contributed by atoms with Crippen molar-refractivity contribution in [2.75, 3.05) is 32.7 Å². The van der Waals surface area contributed by atoms with Gasteiger partial charge in [0.25, 0.3) is 0 Å². The Morgan fingerprint density at radius 2 is 2.20 bits per heavy atom. The molecule has 2 fully saturated rings. The highest BCUT2D eigenvalue weighted by Crippen LogP contribution is 2.13. The van der Waals surface area contributed by atoms with E-state index in [0.29, 0.717) is 6.54 Å². The second kappa shape index (κ2) is 4.49. The molecule has 4 heteroatoms. The van der Waals surface area contributed by atoms with Gasteiger partial charge in [0.15, 0.2) is 0 Å². The molecule has 86 valence electrons. The molecule has 2 N–H and O–H groups in total. The van der Waals surface area contributed by atoms with Crippen molar-refractivity contribution in [1.29, 1.82) is 0 Å². The molecule has 2 aliphatic rings. The van der Waals surface area contributed by atoms with Crippen LogP contribution in [0.3, 0.4) is 0 Å². The summed E-state index contributed by atoms with van der Waals surface area (Å²) in [5.74, 6) is 0.264. The van der Waals surface area contributed by atoms with E-state index in [4.69, 9.17) is 0 Å². The largest absolute Gasteiger partial charge is 0.342 e. The third-order valence-electron chi connectivity index (χ3n) is 3.49. The first-order chi connectivity index (χ1) is 7.20. The van der Waals surface area contributed by atoms with Gasteiger partial charge in [0.2, 0.25) is 5.91 Å². The number of likely N-dealkylation sites (tertiary alicyclic amines) is 1. The minimum Gasteiger partial charge on any atom is -0.342 e. The number of nitrogens with zero attached hydrogens (tertiary/aromatic N) is 1. The van der Waals surface area contributed by atoms with Gasteiger partial charge in [-0.1, -0.05) is 0 Å². The predicted molar refractivity (Wildman–Crippen MR) is 59.7 cm³/mol. The molecule has 15 heavy (non-hydrogen) atoms. The lowest BCUT2D eigenvalue weighted by molar-refractivity contribution is -0.129. The maximum atomic E-state index is 11.8. The van der Waals surface area contributed by atoms with Crippen molar-refractivity contribution >= 4 is 5.91 Å². The van der Waals surface area contributed by atoms with Crippen molar-refractivity contribution in [2.45, 2.75) is 31.7 Å². The zero-order valence-corrected chi connectivity index (χ0v) is 9.51. The van der Waals surface area contributed by atoms with Crippen LogP contribution in [0.15, 0.2) is 0 Å². The molecule has 4 nitrogen and oxygen atoms in total. The molecule has 0 saturated carbocycles. The van der Waals surface area contributed by atoms with E-state index in [1.54, 1.807) is 0 Å². The quantitative estimate of drug-likeness (QED) is 0.688. The third kappa shape index (κ3) is 2.69. The predicted octanol–water partition coefficient (Wildman–Crippen LogP) is -0.0496. The lowest BCUT2D eigenvalue weighted by Gasteiger charge is -2.25. The van der Waals surface area contributed by atoms with Gasteiger partial charge >= 0.3 is 0 Å². The summed E-state index contributed by atoms with van der Waals surface area (Å²) in [5, 5.41) is 6.70. The first kappa shape index (κ1) is 10.9. The SMILES string of the molecule is CC1(NCC(=O)N2CCCC2)CCNC1. The minimum atomic E-state index is 0.120. The van der Waals surface area contributed by atoms with Crippen LogP contribution in [0.5, 0.6) is 0 Å². The summed E-state index contributed by atoms with van der Waals surface area (Å²) in [6.07, 6.45) is 3.45. The Morgan fingerprint density at radius 1 is 1.47 bits per heavy atom. The molecule has 0 aromatic rings. The Balaban J connectivity index is 1.74. The normalized spacial score (nSPS) is 31.1. The summed E-state index contributed by atoms with van der Waals surface area (Å²) in [6, 6.07) is 0. The summed E-state index contributed by atoms with van der Waals surface area (Å²) in [7, 11) is 0. The van der Waals surface area contributed by atoms with E-state index in [1.807, 2.05) is 4.90 Å². The van der Waals surface area contributed by atoms with Crippen LogP contribution in [0.1, 0.15) is 26.2 Å². The molecular weight excluding hydrogens is 190 g/mol. The average molecular weight is 211 g/mol. The molecule has 2 saturated heterocycles. The van der Waals surface area contributed by atoms with Crippen molar-refractivity contribution < 1.29 is 4.79 Å². The van der Waals surface area contributed by atoms with E-state index in [-0.39, 0.29) is 11.4 Å². The van der Waals surface area contributed by atoms with Crippen molar-refractivity contribution in [3.05, 3.63) is 0 Å². The van der Waals surface area contributed by atoms with E-state index < -0.39 is 0 Å². The van der Waals surface area contributed by atoms with Crippen LogP contribution in [0.2, 0.25) is 0 Å². The molecule has 0 radical (unpaired) electrons. The molecule has 0 aromatic heterocycles. The average Bonchev–Trinajstić information content (AvgIpc) is 2.85. The van der Waals surface area contributed by atoms with Gasteiger partial charge in [0.05, 0.1) is 6.54 Å². The summed E-state index contributed by atoms with van der Waals surface area (Å²) in [4.78, 5) is 13.8. The fourth-order valence-corrected chi connectivity index (χ4v) is 2.34. The van der Waals surface area contributed by atoms with Gasteiger partial charge < -0.3 is 15.5 Å². The van der Waals surface area contributed by atoms with Gasteiger partial charge in [0, 0.05) is 25.2 Å². The van der Waals surface area contributed by atoms with Crippen LogP contribution in [-0.4, -0.2) is 49.1 Å². The Morgan fingerprint density at radius 3 is 2.80 bits per heavy atom. The van der Waals surface area contributed by atoms with Gasteiger partial charge in [-0.15, -0.1) is 0 Å². The molecule has 0 bridgehead atoms. The molecule has 2 aliphatic heterocycles. The number of nitrogens with one attached hydrogen (secondary N) is 2.